The van der Waals surface area contributed by atoms with Crippen molar-refractivity contribution >= 4 is 15.9 Å². The number of benzene rings is 1. The molecule has 0 aliphatic heterocycles. The number of alkyl halides is 1. The zero-order valence-corrected chi connectivity index (χ0v) is 9.54. The molecule has 0 aliphatic rings. The minimum Gasteiger partial charge on any atom is -0.228 e. The molecule has 0 saturated carbocycles. The summed E-state index contributed by atoms with van der Waals surface area (Å²) >= 11 is 3.35. The van der Waals surface area contributed by atoms with Crippen molar-refractivity contribution in [1.82, 2.24) is 4.98 Å². The third kappa shape index (κ3) is 2.07. The van der Waals surface area contributed by atoms with E-state index in [1.165, 1.54) is 6.20 Å². The van der Waals surface area contributed by atoms with Crippen LogP contribution in [0.25, 0.3) is 11.1 Å². The number of hydrogen-bond donors (Lipinski definition) is 0. The standard InChI is InChI=1S/C12H9BrFN/c13-8-10-6-7-15-12(14)11(10)9-4-2-1-3-5-9/h1-7H,8H2. The van der Waals surface area contributed by atoms with Crippen molar-refractivity contribution in [2.45, 2.75) is 5.33 Å². The van der Waals surface area contributed by atoms with E-state index in [-0.39, 0.29) is 0 Å². The van der Waals surface area contributed by atoms with Gasteiger partial charge in [-0.1, -0.05) is 46.3 Å². The van der Waals surface area contributed by atoms with Crippen molar-refractivity contribution in [3.63, 3.8) is 0 Å². The van der Waals surface area contributed by atoms with Crippen molar-refractivity contribution in [2.75, 3.05) is 0 Å². The van der Waals surface area contributed by atoms with Crippen molar-refractivity contribution in [3.8, 4) is 11.1 Å². The van der Waals surface area contributed by atoms with Gasteiger partial charge in [0.05, 0.1) is 0 Å². The minimum atomic E-state index is -0.418. The van der Waals surface area contributed by atoms with Crippen LogP contribution >= 0.6 is 15.9 Å². The molecule has 0 saturated heterocycles. The Morgan fingerprint density at radius 1 is 1.13 bits per heavy atom. The van der Waals surface area contributed by atoms with Crippen molar-refractivity contribution in [2.24, 2.45) is 0 Å². The highest BCUT2D eigenvalue weighted by atomic mass is 79.9. The molecule has 2 rings (SSSR count). The quantitative estimate of drug-likeness (QED) is 0.595. The largest absolute Gasteiger partial charge is 0.228 e. The molecule has 1 aromatic carbocycles. The van der Waals surface area contributed by atoms with Gasteiger partial charge in [0.1, 0.15) is 0 Å². The second-order valence-corrected chi connectivity index (χ2v) is 3.70. The summed E-state index contributed by atoms with van der Waals surface area (Å²) in [5.41, 5.74) is 2.35. The Morgan fingerprint density at radius 2 is 1.87 bits per heavy atom. The van der Waals surface area contributed by atoms with Crippen LogP contribution in [0.15, 0.2) is 42.6 Å². The molecular formula is C12H9BrFN. The highest BCUT2D eigenvalue weighted by molar-refractivity contribution is 9.08. The van der Waals surface area contributed by atoms with Gasteiger partial charge in [0, 0.05) is 17.1 Å². The predicted octanol–water partition coefficient (Wildman–Crippen LogP) is 3.78. The molecule has 3 heteroatoms. The Kier molecular flexibility index (Phi) is 3.11. The normalized spacial score (nSPS) is 10.3. The highest BCUT2D eigenvalue weighted by Gasteiger charge is 2.10. The first-order chi connectivity index (χ1) is 7.33. The van der Waals surface area contributed by atoms with Crippen LogP contribution in [0.4, 0.5) is 4.39 Å². The molecule has 15 heavy (non-hydrogen) atoms. The summed E-state index contributed by atoms with van der Waals surface area (Å²) in [6.45, 7) is 0. The summed E-state index contributed by atoms with van der Waals surface area (Å²) in [7, 11) is 0. The number of aromatic nitrogens is 1. The molecule has 0 aliphatic carbocycles. The Bertz CT molecular complexity index is 456. The third-order valence-corrected chi connectivity index (χ3v) is 2.80. The van der Waals surface area contributed by atoms with E-state index in [0.29, 0.717) is 10.9 Å². The van der Waals surface area contributed by atoms with Gasteiger partial charge in [0.15, 0.2) is 0 Å². The van der Waals surface area contributed by atoms with Gasteiger partial charge in [-0.05, 0) is 17.2 Å². The van der Waals surface area contributed by atoms with E-state index < -0.39 is 5.95 Å². The fourth-order valence-electron chi connectivity index (χ4n) is 1.49. The number of rotatable bonds is 2. The first-order valence-corrected chi connectivity index (χ1v) is 5.70. The van der Waals surface area contributed by atoms with Crippen LogP contribution in [-0.2, 0) is 5.33 Å². The molecule has 2 aromatic rings. The molecule has 1 nitrogen and oxygen atoms in total. The van der Waals surface area contributed by atoms with Crippen LogP contribution in [0.5, 0.6) is 0 Å². The van der Waals surface area contributed by atoms with Gasteiger partial charge in [-0.3, -0.25) is 0 Å². The summed E-state index contributed by atoms with van der Waals surface area (Å²) in [5, 5.41) is 0.622. The fraction of sp³-hybridized carbons (Fsp3) is 0.0833. The van der Waals surface area contributed by atoms with Gasteiger partial charge >= 0.3 is 0 Å². The highest BCUT2D eigenvalue weighted by Crippen LogP contribution is 2.26. The van der Waals surface area contributed by atoms with Crippen LogP contribution in [0, 0.1) is 5.95 Å². The average molecular weight is 266 g/mol. The molecule has 0 N–H and O–H groups in total. The molecule has 0 amide bonds. The van der Waals surface area contributed by atoms with Gasteiger partial charge in [-0.15, -0.1) is 0 Å². The van der Waals surface area contributed by atoms with E-state index in [9.17, 15) is 4.39 Å². The lowest BCUT2D eigenvalue weighted by molar-refractivity contribution is 0.586. The van der Waals surface area contributed by atoms with Crippen molar-refractivity contribution < 1.29 is 4.39 Å². The van der Waals surface area contributed by atoms with Crippen LogP contribution in [-0.4, -0.2) is 4.98 Å². The van der Waals surface area contributed by atoms with Gasteiger partial charge in [-0.2, -0.15) is 4.39 Å². The predicted molar refractivity (Wildman–Crippen MR) is 62.3 cm³/mol. The monoisotopic (exact) mass is 265 g/mol. The zero-order chi connectivity index (χ0) is 10.7. The van der Waals surface area contributed by atoms with Gasteiger partial charge < -0.3 is 0 Å². The average Bonchev–Trinajstić information content (AvgIpc) is 2.29. The maximum Gasteiger partial charge on any atom is 0.221 e. The second kappa shape index (κ2) is 4.53. The molecule has 0 bridgehead atoms. The molecule has 76 valence electrons. The Hall–Kier alpha value is -1.22. The zero-order valence-electron chi connectivity index (χ0n) is 7.95. The van der Waals surface area contributed by atoms with Crippen LogP contribution in [0.3, 0.4) is 0 Å². The van der Waals surface area contributed by atoms with Crippen molar-refractivity contribution in [3.05, 3.63) is 54.1 Å². The van der Waals surface area contributed by atoms with Gasteiger partial charge in [0.25, 0.3) is 0 Å². The lowest BCUT2D eigenvalue weighted by atomic mass is 10.0. The van der Waals surface area contributed by atoms with Crippen molar-refractivity contribution in [1.29, 1.82) is 0 Å². The molecule has 0 radical (unpaired) electrons. The van der Waals surface area contributed by atoms with E-state index in [4.69, 9.17) is 0 Å². The molecule has 0 atom stereocenters. The molecule has 1 aromatic heterocycles. The minimum absolute atomic E-state index is 0.418. The van der Waals surface area contributed by atoms with E-state index >= 15 is 0 Å². The molecule has 0 fully saturated rings. The topological polar surface area (TPSA) is 12.9 Å². The second-order valence-electron chi connectivity index (χ2n) is 3.14. The lowest BCUT2D eigenvalue weighted by Gasteiger charge is -2.07. The van der Waals surface area contributed by atoms with E-state index in [1.807, 2.05) is 36.4 Å². The van der Waals surface area contributed by atoms with E-state index in [1.54, 1.807) is 0 Å². The van der Waals surface area contributed by atoms with Crippen LogP contribution in [0.1, 0.15) is 5.56 Å². The first kappa shape index (κ1) is 10.3. The Balaban J connectivity index is 2.61. The van der Waals surface area contributed by atoms with Crippen LogP contribution < -0.4 is 0 Å². The third-order valence-electron chi connectivity index (χ3n) is 2.20. The SMILES string of the molecule is Fc1nccc(CBr)c1-c1ccccc1. The fourth-order valence-corrected chi connectivity index (χ4v) is 1.96. The summed E-state index contributed by atoms with van der Waals surface area (Å²) in [5.74, 6) is -0.418. The van der Waals surface area contributed by atoms with Gasteiger partial charge in [-0.25, -0.2) is 4.98 Å². The van der Waals surface area contributed by atoms with E-state index in [0.717, 1.165) is 11.1 Å². The smallest absolute Gasteiger partial charge is 0.221 e. The number of nitrogens with zero attached hydrogens (tertiary/aromatic N) is 1. The molecule has 1 heterocycles. The summed E-state index contributed by atoms with van der Waals surface area (Å²) < 4.78 is 13.6. The lowest BCUT2D eigenvalue weighted by Crippen LogP contribution is -1.93. The van der Waals surface area contributed by atoms with Gasteiger partial charge in [0.2, 0.25) is 5.95 Å². The number of pyridine rings is 1. The maximum absolute atomic E-state index is 13.6. The maximum atomic E-state index is 13.6. The number of halogens is 2. The van der Waals surface area contributed by atoms with Crippen LogP contribution in [0.2, 0.25) is 0 Å². The molecular weight excluding hydrogens is 257 g/mol. The Labute approximate surface area is 96.1 Å². The molecule has 0 spiro atoms. The summed E-state index contributed by atoms with van der Waals surface area (Å²) in [6, 6.07) is 11.3. The number of hydrogen-bond acceptors (Lipinski definition) is 1. The Morgan fingerprint density at radius 3 is 2.53 bits per heavy atom. The van der Waals surface area contributed by atoms with E-state index in [2.05, 4.69) is 20.9 Å². The summed E-state index contributed by atoms with van der Waals surface area (Å²) in [4.78, 5) is 3.68. The summed E-state index contributed by atoms with van der Waals surface area (Å²) in [6.07, 6.45) is 1.48. The first-order valence-electron chi connectivity index (χ1n) is 4.57. The molecule has 0 unspecified atom stereocenters.